The molecule has 36 heavy (non-hydrogen) atoms. The first-order valence-electron chi connectivity index (χ1n) is 12.6. The molecule has 0 radical (unpaired) electrons. The highest BCUT2D eigenvalue weighted by molar-refractivity contribution is 5.93. The van der Waals surface area contributed by atoms with Crippen LogP contribution in [-0.2, 0) is 23.9 Å². The van der Waals surface area contributed by atoms with Crippen molar-refractivity contribution in [2.45, 2.75) is 85.4 Å². The zero-order valence-electron chi connectivity index (χ0n) is 23.0. The minimum Gasteiger partial charge on any atom is -0.468 e. The Morgan fingerprint density at radius 2 is 1.67 bits per heavy atom. The van der Waals surface area contributed by atoms with Gasteiger partial charge in [-0.2, -0.15) is 0 Å². The first-order valence-corrected chi connectivity index (χ1v) is 12.6. The summed E-state index contributed by atoms with van der Waals surface area (Å²) in [6.45, 7) is 12.9. The van der Waals surface area contributed by atoms with Crippen molar-refractivity contribution in [2.75, 3.05) is 20.2 Å². The number of alkyl carbamates (subject to hydrolysis) is 1. The van der Waals surface area contributed by atoms with Crippen LogP contribution in [-0.4, -0.2) is 60.6 Å². The minimum atomic E-state index is -0.999. The van der Waals surface area contributed by atoms with Crippen LogP contribution in [0.4, 0.5) is 4.79 Å². The number of hydrogen-bond acceptors (Lipinski definition) is 6. The predicted molar refractivity (Wildman–Crippen MR) is 138 cm³/mol. The number of nitrogens with one attached hydrogen (secondary N) is 2. The van der Waals surface area contributed by atoms with E-state index in [0.29, 0.717) is 24.9 Å². The summed E-state index contributed by atoms with van der Waals surface area (Å²) >= 11 is 0. The Bertz CT molecular complexity index is 878. The molecule has 202 valence electrons. The van der Waals surface area contributed by atoms with Crippen LogP contribution in [0.3, 0.4) is 0 Å². The van der Waals surface area contributed by atoms with Gasteiger partial charge in [0.2, 0.25) is 11.8 Å². The summed E-state index contributed by atoms with van der Waals surface area (Å²) in [5.41, 5.74) is 0.878. The van der Waals surface area contributed by atoms with Crippen molar-refractivity contribution in [3.05, 3.63) is 35.4 Å². The monoisotopic (exact) mass is 505 g/mol. The second-order valence-corrected chi connectivity index (χ2v) is 10.0. The summed E-state index contributed by atoms with van der Waals surface area (Å²) in [4.78, 5) is 53.2. The molecule has 2 N–H and O–H groups in total. The molecule has 0 spiro atoms. The van der Waals surface area contributed by atoms with Gasteiger partial charge in [-0.3, -0.25) is 14.4 Å². The van der Waals surface area contributed by atoms with Crippen LogP contribution in [0.25, 0.3) is 0 Å². The van der Waals surface area contributed by atoms with Crippen molar-refractivity contribution in [2.24, 2.45) is 5.92 Å². The third-order valence-corrected chi connectivity index (χ3v) is 5.77. The van der Waals surface area contributed by atoms with Crippen LogP contribution in [0.15, 0.2) is 24.3 Å². The highest BCUT2D eigenvalue weighted by atomic mass is 16.6. The Balaban J connectivity index is 3.46. The average molecular weight is 506 g/mol. The SMILES string of the molecule is CCCCN(C(=O)C(NC(=O)OC(C)(C)C)C(C)CC)C(C(=O)NCC(=O)OC)c1ccc(C)cc1. The molecule has 0 bridgehead atoms. The lowest BCUT2D eigenvalue weighted by molar-refractivity contribution is -0.145. The van der Waals surface area contributed by atoms with Gasteiger partial charge in [0.05, 0.1) is 7.11 Å². The lowest BCUT2D eigenvalue weighted by atomic mass is 9.95. The van der Waals surface area contributed by atoms with E-state index in [0.717, 1.165) is 12.0 Å². The van der Waals surface area contributed by atoms with Gasteiger partial charge in [0, 0.05) is 6.54 Å². The van der Waals surface area contributed by atoms with Gasteiger partial charge in [0.25, 0.3) is 0 Å². The van der Waals surface area contributed by atoms with E-state index in [1.54, 1.807) is 32.9 Å². The van der Waals surface area contributed by atoms with Crippen molar-refractivity contribution in [3.8, 4) is 0 Å². The molecule has 3 amide bonds. The van der Waals surface area contributed by atoms with Crippen LogP contribution < -0.4 is 10.6 Å². The largest absolute Gasteiger partial charge is 0.468 e. The van der Waals surface area contributed by atoms with E-state index < -0.39 is 35.7 Å². The van der Waals surface area contributed by atoms with Crippen molar-refractivity contribution in [3.63, 3.8) is 0 Å². The van der Waals surface area contributed by atoms with Crippen LogP contribution >= 0.6 is 0 Å². The quantitative estimate of drug-likeness (QED) is 0.417. The van der Waals surface area contributed by atoms with Gasteiger partial charge < -0.3 is 25.0 Å². The van der Waals surface area contributed by atoms with E-state index in [2.05, 4.69) is 15.4 Å². The lowest BCUT2D eigenvalue weighted by Crippen LogP contribution is -2.55. The van der Waals surface area contributed by atoms with Gasteiger partial charge in [0.15, 0.2) is 0 Å². The number of methoxy groups -OCH3 is 1. The molecule has 0 saturated carbocycles. The first-order chi connectivity index (χ1) is 16.8. The number of hydrogen-bond donors (Lipinski definition) is 2. The van der Waals surface area contributed by atoms with E-state index in [1.165, 1.54) is 12.0 Å². The number of ether oxygens (including phenoxy) is 2. The van der Waals surface area contributed by atoms with E-state index in [4.69, 9.17) is 4.74 Å². The van der Waals surface area contributed by atoms with Gasteiger partial charge in [0.1, 0.15) is 24.2 Å². The molecule has 3 atom stereocenters. The Labute approximate surface area is 215 Å². The smallest absolute Gasteiger partial charge is 0.408 e. The summed E-state index contributed by atoms with van der Waals surface area (Å²) in [6, 6.07) is 5.42. The summed E-state index contributed by atoms with van der Waals surface area (Å²) in [5.74, 6) is -1.70. The van der Waals surface area contributed by atoms with Gasteiger partial charge >= 0.3 is 12.1 Å². The summed E-state index contributed by atoms with van der Waals surface area (Å²) < 4.78 is 10.1. The molecular formula is C27H43N3O6. The number of carbonyl (C=O) groups excluding carboxylic acids is 4. The second-order valence-electron chi connectivity index (χ2n) is 10.0. The lowest BCUT2D eigenvalue weighted by Gasteiger charge is -2.36. The molecule has 0 heterocycles. The summed E-state index contributed by atoms with van der Waals surface area (Å²) in [7, 11) is 1.24. The zero-order valence-corrected chi connectivity index (χ0v) is 23.0. The van der Waals surface area contributed by atoms with E-state index in [-0.39, 0.29) is 18.4 Å². The molecule has 1 aromatic rings. The molecule has 0 fully saturated rings. The molecule has 0 aliphatic carbocycles. The highest BCUT2D eigenvalue weighted by Gasteiger charge is 2.38. The van der Waals surface area contributed by atoms with Gasteiger partial charge in [-0.25, -0.2) is 4.79 Å². The molecule has 0 aliphatic heterocycles. The number of esters is 1. The van der Waals surface area contributed by atoms with Crippen molar-refractivity contribution < 1.29 is 28.7 Å². The first kappa shape index (κ1) is 30.9. The van der Waals surface area contributed by atoms with E-state index in [1.807, 2.05) is 39.8 Å². The second kappa shape index (κ2) is 14.5. The molecule has 1 rings (SSSR count). The van der Waals surface area contributed by atoms with Crippen molar-refractivity contribution in [1.29, 1.82) is 0 Å². The highest BCUT2D eigenvalue weighted by Crippen LogP contribution is 2.25. The topological polar surface area (TPSA) is 114 Å². The van der Waals surface area contributed by atoms with Crippen LogP contribution in [0.2, 0.25) is 0 Å². The Hall–Kier alpha value is -3.10. The third kappa shape index (κ3) is 9.87. The third-order valence-electron chi connectivity index (χ3n) is 5.77. The maximum atomic E-state index is 14.0. The number of rotatable bonds is 12. The fraction of sp³-hybridized carbons (Fsp3) is 0.630. The maximum Gasteiger partial charge on any atom is 0.408 e. The summed E-state index contributed by atoms with van der Waals surface area (Å²) in [6.07, 6.45) is 1.37. The van der Waals surface area contributed by atoms with Crippen molar-refractivity contribution >= 4 is 23.9 Å². The maximum absolute atomic E-state index is 14.0. The molecule has 0 aliphatic rings. The number of benzene rings is 1. The normalized spacial score (nSPS) is 13.7. The predicted octanol–water partition coefficient (Wildman–Crippen LogP) is 3.89. The van der Waals surface area contributed by atoms with Crippen LogP contribution in [0.5, 0.6) is 0 Å². The fourth-order valence-corrected chi connectivity index (χ4v) is 3.54. The molecule has 0 aromatic heterocycles. The molecule has 1 aromatic carbocycles. The van der Waals surface area contributed by atoms with Crippen molar-refractivity contribution in [1.82, 2.24) is 15.5 Å². The van der Waals surface area contributed by atoms with Crippen LogP contribution in [0, 0.1) is 12.8 Å². The summed E-state index contributed by atoms with van der Waals surface area (Å²) in [5, 5.41) is 5.33. The van der Waals surface area contributed by atoms with Gasteiger partial charge in [-0.15, -0.1) is 0 Å². The average Bonchev–Trinajstić information content (AvgIpc) is 2.82. The zero-order chi connectivity index (χ0) is 27.5. The van der Waals surface area contributed by atoms with Crippen LogP contribution in [0.1, 0.15) is 78.0 Å². The minimum absolute atomic E-state index is 0.217. The van der Waals surface area contributed by atoms with E-state index in [9.17, 15) is 19.2 Å². The number of unbranched alkanes of at least 4 members (excludes halogenated alkanes) is 1. The number of aryl methyl sites for hydroxylation is 1. The number of amides is 3. The molecular weight excluding hydrogens is 462 g/mol. The van der Waals surface area contributed by atoms with E-state index >= 15 is 0 Å². The number of carbonyl (C=O) groups is 4. The molecule has 9 heteroatoms. The Morgan fingerprint density at radius 1 is 1.06 bits per heavy atom. The van der Waals surface area contributed by atoms with Gasteiger partial charge in [-0.05, 0) is 45.6 Å². The fourth-order valence-electron chi connectivity index (χ4n) is 3.54. The molecule has 0 saturated heterocycles. The Kier molecular flexibility index (Phi) is 12.4. The number of nitrogens with zero attached hydrogens (tertiary/aromatic N) is 1. The van der Waals surface area contributed by atoms with Gasteiger partial charge in [-0.1, -0.05) is 63.4 Å². The Morgan fingerprint density at radius 3 is 2.17 bits per heavy atom. The molecule has 3 unspecified atom stereocenters. The standard InChI is InChI=1S/C27H43N3O6/c1-9-11-16-30(25(33)22(19(4)10-2)29-26(34)36-27(5,6)7)23(20-14-12-18(3)13-15-20)24(32)28-17-21(31)35-8/h12-15,19,22-23H,9-11,16-17H2,1-8H3,(H,28,32)(H,29,34). The molecule has 9 nitrogen and oxygen atoms in total.